The predicted octanol–water partition coefficient (Wildman–Crippen LogP) is 4.82. The van der Waals surface area contributed by atoms with Crippen molar-refractivity contribution >= 4 is 39.6 Å². The number of thioether (sulfide) groups is 1. The van der Waals surface area contributed by atoms with Crippen LogP contribution in [0.25, 0.3) is 10.9 Å². The number of carbonyl (C=O) groups is 1. The van der Waals surface area contributed by atoms with E-state index in [1.165, 1.54) is 36.6 Å². The molecule has 1 fully saturated rings. The largest absolute Gasteiger partial charge is 0.510 e. The SMILES string of the molecule is CCOC(=O)O[C@@H]1CSC(c2cc3cc(C)cc(NC4CCCC4)c3[nH]2)=N1. The van der Waals surface area contributed by atoms with Crippen LogP contribution >= 0.6 is 11.8 Å². The number of ether oxygens (including phenoxy) is 2. The first-order valence-electron chi connectivity index (χ1n) is 9.56. The van der Waals surface area contributed by atoms with Crippen LogP contribution in [0, 0.1) is 6.92 Å². The second-order valence-electron chi connectivity index (χ2n) is 7.09. The molecule has 4 rings (SSSR count). The summed E-state index contributed by atoms with van der Waals surface area (Å²) in [6.45, 7) is 4.17. The third-order valence-corrected chi connectivity index (χ3v) is 5.99. The molecule has 0 amide bonds. The Bertz CT molecular complexity index is 871. The van der Waals surface area contributed by atoms with Crippen molar-refractivity contribution in [3.8, 4) is 0 Å². The van der Waals surface area contributed by atoms with E-state index in [0.29, 0.717) is 18.4 Å². The molecule has 0 radical (unpaired) electrons. The number of nitrogens with one attached hydrogen (secondary N) is 2. The van der Waals surface area contributed by atoms with Crippen molar-refractivity contribution in [1.29, 1.82) is 0 Å². The highest BCUT2D eigenvalue weighted by Gasteiger charge is 2.25. The molecule has 0 spiro atoms. The van der Waals surface area contributed by atoms with Crippen molar-refractivity contribution in [3.05, 3.63) is 29.5 Å². The minimum Gasteiger partial charge on any atom is -0.435 e. The summed E-state index contributed by atoms with van der Waals surface area (Å²) in [7, 11) is 0. The number of aliphatic imine (C=N–C) groups is 1. The lowest BCUT2D eigenvalue weighted by atomic mass is 10.1. The first-order valence-corrected chi connectivity index (χ1v) is 10.5. The highest BCUT2D eigenvalue weighted by Crippen LogP contribution is 2.32. The topological polar surface area (TPSA) is 75.7 Å². The van der Waals surface area contributed by atoms with Gasteiger partial charge in [-0.2, -0.15) is 0 Å². The molecular formula is C20H25N3O3S. The number of nitrogens with zero attached hydrogens (tertiary/aromatic N) is 1. The Morgan fingerprint density at radius 3 is 2.93 bits per heavy atom. The number of carbonyl (C=O) groups excluding carboxylic acids is 1. The van der Waals surface area contributed by atoms with Gasteiger partial charge in [-0.05, 0) is 50.5 Å². The number of aryl methyl sites for hydroxylation is 1. The van der Waals surface area contributed by atoms with Gasteiger partial charge in [-0.25, -0.2) is 9.79 Å². The second kappa shape index (κ2) is 7.84. The summed E-state index contributed by atoms with van der Waals surface area (Å²) in [5.74, 6) is 0.607. The van der Waals surface area contributed by atoms with E-state index in [9.17, 15) is 4.79 Å². The molecule has 7 heteroatoms. The van der Waals surface area contributed by atoms with Gasteiger partial charge in [0.25, 0.3) is 0 Å². The van der Waals surface area contributed by atoms with Crippen molar-refractivity contribution < 1.29 is 14.3 Å². The van der Waals surface area contributed by atoms with Crippen LogP contribution in [0.2, 0.25) is 0 Å². The summed E-state index contributed by atoms with van der Waals surface area (Å²) in [6, 6.07) is 7.07. The molecule has 2 heterocycles. The van der Waals surface area contributed by atoms with Gasteiger partial charge in [0, 0.05) is 11.4 Å². The molecule has 0 unspecified atom stereocenters. The number of fused-ring (bicyclic) bond motifs is 1. The average Bonchev–Trinajstić information content (AvgIpc) is 3.34. The summed E-state index contributed by atoms with van der Waals surface area (Å²) < 4.78 is 10.0. The molecule has 1 aromatic carbocycles. The Morgan fingerprint density at radius 2 is 2.15 bits per heavy atom. The van der Waals surface area contributed by atoms with Crippen LogP contribution in [0.5, 0.6) is 0 Å². The van der Waals surface area contributed by atoms with Crippen LogP contribution in [-0.4, -0.2) is 40.8 Å². The smallest absolute Gasteiger partial charge is 0.435 e. The zero-order valence-corrected chi connectivity index (χ0v) is 16.5. The molecule has 1 aromatic heterocycles. The molecule has 0 bridgehead atoms. The number of anilines is 1. The monoisotopic (exact) mass is 387 g/mol. The lowest BCUT2D eigenvalue weighted by Crippen LogP contribution is -2.17. The van der Waals surface area contributed by atoms with Crippen molar-refractivity contribution in [2.24, 2.45) is 4.99 Å². The van der Waals surface area contributed by atoms with Gasteiger partial charge in [-0.1, -0.05) is 24.6 Å². The van der Waals surface area contributed by atoms with Crippen LogP contribution in [0.3, 0.4) is 0 Å². The first-order chi connectivity index (χ1) is 13.1. The molecule has 1 atom stereocenters. The summed E-state index contributed by atoms with van der Waals surface area (Å²) in [5.41, 5.74) is 4.47. The number of hydrogen-bond donors (Lipinski definition) is 2. The molecule has 1 saturated carbocycles. The van der Waals surface area contributed by atoms with Crippen LogP contribution < -0.4 is 5.32 Å². The van der Waals surface area contributed by atoms with Gasteiger partial charge in [0.15, 0.2) is 0 Å². The molecule has 144 valence electrons. The maximum atomic E-state index is 11.5. The molecule has 2 aromatic rings. The number of aromatic amines is 1. The third-order valence-electron chi connectivity index (χ3n) is 4.94. The maximum absolute atomic E-state index is 11.5. The van der Waals surface area contributed by atoms with E-state index in [2.05, 4.69) is 40.4 Å². The zero-order chi connectivity index (χ0) is 18.8. The second-order valence-corrected chi connectivity index (χ2v) is 8.09. The molecule has 2 N–H and O–H groups in total. The van der Waals surface area contributed by atoms with Crippen LogP contribution in [0.4, 0.5) is 10.5 Å². The van der Waals surface area contributed by atoms with E-state index in [-0.39, 0.29) is 0 Å². The Labute approximate surface area is 163 Å². The number of hydrogen-bond acceptors (Lipinski definition) is 6. The molecule has 1 aliphatic carbocycles. The minimum absolute atomic E-state index is 0.299. The third kappa shape index (κ3) is 4.08. The number of rotatable bonds is 5. The van der Waals surface area contributed by atoms with E-state index >= 15 is 0 Å². The Hall–Kier alpha value is -2.15. The van der Waals surface area contributed by atoms with E-state index in [1.807, 2.05) is 0 Å². The standard InChI is InChI=1S/C20H25N3O3S/c1-3-25-20(24)26-17-11-27-19(23-17)16-10-13-8-12(2)9-15(18(13)22-16)21-14-6-4-5-7-14/h8-10,14,17,21-22H,3-7,11H2,1-2H3/t17-/m1/s1. The maximum Gasteiger partial charge on any atom is 0.510 e. The predicted molar refractivity (Wildman–Crippen MR) is 110 cm³/mol. The van der Waals surface area contributed by atoms with Crippen molar-refractivity contribution in [2.75, 3.05) is 17.7 Å². The summed E-state index contributed by atoms with van der Waals surface area (Å²) in [6.07, 6.45) is 3.92. The average molecular weight is 388 g/mol. The normalized spacial score (nSPS) is 20.1. The molecule has 0 saturated heterocycles. The molecule has 1 aliphatic heterocycles. The summed E-state index contributed by atoms with van der Waals surface area (Å²) in [5, 5.41) is 5.75. The fourth-order valence-corrected chi connectivity index (χ4v) is 4.64. The highest BCUT2D eigenvalue weighted by molar-refractivity contribution is 8.14. The fraction of sp³-hybridized carbons (Fsp3) is 0.500. The molecule has 27 heavy (non-hydrogen) atoms. The van der Waals surface area contributed by atoms with Gasteiger partial charge < -0.3 is 19.8 Å². The van der Waals surface area contributed by atoms with Gasteiger partial charge in [0.1, 0.15) is 5.04 Å². The molecule has 2 aliphatic rings. The minimum atomic E-state index is -0.663. The van der Waals surface area contributed by atoms with Gasteiger partial charge >= 0.3 is 6.16 Å². The van der Waals surface area contributed by atoms with Crippen LogP contribution in [-0.2, 0) is 9.47 Å². The first kappa shape index (κ1) is 18.2. The van der Waals surface area contributed by atoms with Crippen molar-refractivity contribution in [3.63, 3.8) is 0 Å². The van der Waals surface area contributed by atoms with Gasteiger partial charge in [-0.3, -0.25) is 0 Å². The van der Waals surface area contributed by atoms with Crippen molar-refractivity contribution in [1.82, 2.24) is 4.98 Å². The summed E-state index contributed by atoms with van der Waals surface area (Å²) in [4.78, 5) is 19.5. The Morgan fingerprint density at radius 1 is 1.33 bits per heavy atom. The fourth-order valence-electron chi connectivity index (χ4n) is 3.74. The van der Waals surface area contributed by atoms with E-state index in [0.717, 1.165) is 21.9 Å². The number of benzene rings is 1. The Kier molecular flexibility index (Phi) is 5.29. The number of aromatic nitrogens is 1. The molecule has 6 nitrogen and oxygen atoms in total. The molecular weight excluding hydrogens is 362 g/mol. The Balaban J connectivity index is 1.57. The van der Waals surface area contributed by atoms with Crippen molar-refractivity contribution in [2.45, 2.75) is 51.8 Å². The zero-order valence-electron chi connectivity index (χ0n) is 15.7. The quantitative estimate of drug-likeness (QED) is 0.719. The summed E-state index contributed by atoms with van der Waals surface area (Å²) >= 11 is 1.59. The van der Waals surface area contributed by atoms with Gasteiger partial charge in [0.05, 0.1) is 29.3 Å². The van der Waals surface area contributed by atoms with E-state index in [1.54, 1.807) is 18.7 Å². The van der Waals surface area contributed by atoms with Gasteiger partial charge in [0.2, 0.25) is 6.23 Å². The lowest BCUT2D eigenvalue weighted by Gasteiger charge is -2.15. The van der Waals surface area contributed by atoms with E-state index < -0.39 is 12.4 Å². The van der Waals surface area contributed by atoms with E-state index in [4.69, 9.17) is 9.47 Å². The van der Waals surface area contributed by atoms with Crippen LogP contribution in [0.15, 0.2) is 23.2 Å². The lowest BCUT2D eigenvalue weighted by molar-refractivity contribution is 0.0371. The number of H-pyrrole nitrogens is 1. The highest BCUT2D eigenvalue weighted by atomic mass is 32.2. The van der Waals surface area contributed by atoms with Crippen LogP contribution in [0.1, 0.15) is 43.9 Å². The van der Waals surface area contributed by atoms with Gasteiger partial charge in [-0.15, -0.1) is 0 Å².